The van der Waals surface area contributed by atoms with Crippen LogP contribution < -0.4 is 0 Å². The predicted molar refractivity (Wildman–Crippen MR) is 80.1 cm³/mol. The van der Waals surface area contributed by atoms with Gasteiger partial charge in [0.2, 0.25) is 0 Å². The standard InChI is InChI=1S/C14H15P.N3/c1-3-7-13(8-4-1)11-15-12-14-9-5-2-6-10-14;1-3-2/h1-10,15H,11-12H2;/q;-1/p+1. The Morgan fingerprint density at radius 3 is 1.39 bits per heavy atom. The first-order valence-electron chi connectivity index (χ1n) is 5.74. The van der Waals surface area contributed by atoms with Gasteiger partial charge in [-0.05, 0) is 19.7 Å². The molecule has 0 aliphatic carbocycles. The van der Waals surface area contributed by atoms with Gasteiger partial charge in [-0.25, -0.2) is 0 Å². The molecule has 0 aliphatic heterocycles. The lowest BCUT2D eigenvalue weighted by atomic mass is 10.2. The van der Waals surface area contributed by atoms with E-state index in [-0.39, 0.29) is 0 Å². The zero-order valence-electron chi connectivity index (χ0n) is 10.1. The summed E-state index contributed by atoms with van der Waals surface area (Å²) in [5.41, 5.74) is 16.5. The van der Waals surface area contributed by atoms with Crippen LogP contribution in [0.3, 0.4) is 0 Å². The van der Waals surface area contributed by atoms with E-state index in [2.05, 4.69) is 60.7 Å². The maximum atomic E-state index is 6.75. The molecule has 0 atom stereocenters. The molecule has 0 amide bonds. The van der Waals surface area contributed by atoms with Crippen LogP contribution in [0.15, 0.2) is 60.7 Å². The molecule has 0 saturated heterocycles. The fourth-order valence-corrected chi connectivity index (χ4v) is 2.99. The second-order valence-electron chi connectivity index (χ2n) is 3.76. The van der Waals surface area contributed by atoms with Gasteiger partial charge in [-0.15, -0.1) is 0 Å². The fourth-order valence-electron chi connectivity index (χ4n) is 1.63. The number of hydrogen-bond donors (Lipinski definition) is 0. The van der Waals surface area contributed by atoms with Crippen molar-refractivity contribution in [3.8, 4) is 0 Å². The summed E-state index contributed by atoms with van der Waals surface area (Å²) in [6, 6.07) is 21.5. The van der Waals surface area contributed by atoms with Crippen molar-refractivity contribution < 1.29 is 0 Å². The van der Waals surface area contributed by atoms with Gasteiger partial charge in [0, 0.05) is 0 Å². The van der Waals surface area contributed by atoms with Gasteiger partial charge in [0.1, 0.15) is 0 Å². The minimum absolute atomic E-state index is 0.501. The molecule has 0 N–H and O–H groups in total. The molecule has 0 saturated carbocycles. The minimum Gasteiger partial charge on any atom is -0.373 e. The summed E-state index contributed by atoms with van der Waals surface area (Å²) in [5.74, 6) is 0. The van der Waals surface area contributed by atoms with Crippen LogP contribution in [0.1, 0.15) is 11.1 Å². The lowest BCUT2D eigenvalue weighted by Gasteiger charge is -1.97. The monoisotopic (exact) mass is 257 g/mol. The van der Waals surface area contributed by atoms with E-state index in [1.165, 1.54) is 28.4 Å². The second-order valence-corrected chi connectivity index (χ2v) is 5.15. The maximum Gasteiger partial charge on any atom is 0.0800 e. The van der Waals surface area contributed by atoms with Gasteiger partial charge < -0.3 is 11.1 Å². The Kier molecular flexibility index (Phi) is 7.31. The van der Waals surface area contributed by atoms with Gasteiger partial charge in [0.05, 0.1) is 12.3 Å². The van der Waals surface area contributed by atoms with Gasteiger partial charge >= 0.3 is 0 Å². The molecule has 0 heterocycles. The van der Waals surface area contributed by atoms with Gasteiger partial charge in [-0.3, -0.25) is 4.91 Å². The topological polar surface area (TPSA) is 58.7 Å². The molecule has 0 radical (unpaired) electrons. The summed E-state index contributed by atoms with van der Waals surface area (Å²) < 4.78 is 0. The minimum atomic E-state index is 0.501. The van der Waals surface area contributed by atoms with Crippen LogP contribution in [0, 0.1) is 0 Å². The Morgan fingerprint density at radius 2 is 1.06 bits per heavy atom. The van der Waals surface area contributed by atoms with Gasteiger partial charge in [0.25, 0.3) is 0 Å². The largest absolute Gasteiger partial charge is 0.373 e. The summed E-state index contributed by atoms with van der Waals surface area (Å²) in [7, 11) is 0.501. The summed E-state index contributed by atoms with van der Waals surface area (Å²) >= 11 is 0. The molecule has 2 aromatic carbocycles. The van der Waals surface area contributed by atoms with Gasteiger partial charge in [-0.1, -0.05) is 60.7 Å². The maximum absolute atomic E-state index is 6.75. The average molecular weight is 257 g/mol. The number of benzene rings is 2. The predicted octanol–water partition coefficient (Wildman–Crippen LogP) is 4.66. The molecule has 0 fully saturated rings. The first-order chi connectivity index (χ1) is 8.86. The molecule has 0 aliphatic rings. The third-order valence-electron chi connectivity index (χ3n) is 2.45. The van der Waals surface area contributed by atoms with Crippen LogP contribution >= 0.6 is 8.58 Å². The van der Waals surface area contributed by atoms with Crippen LogP contribution in [-0.2, 0) is 12.3 Å². The van der Waals surface area contributed by atoms with Crippen molar-refractivity contribution in [2.45, 2.75) is 12.3 Å². The van der Waals surface area contributed by atoms with Crippen molar-refractivity contribution >= 4 is 8.58 Å². The molecule has 0 spiro atoms. The van der Waals surface area contributed by atoms with Crippen molar-refractivity contribution in [2.24, 2.45) is 0 Å². The number of rotatable bonds is 4. The Bertz CT molecular complexity index is 425. The molecule has 18 heavy (non-hydrogen) atoms. The highest BCUT2D eigenvalue weighted by Gasteiger charge is 1.98. The quantitative estimate of drug-likeness (QED) is 0.331. The Hall–Kier alpha value is -1.82. The normalized spacial score (nSPS) is 8.89. The number of hydrogen-bond acceptors (Lipinski definition) is 0. The van der Waals surface area contributed by atoms with Crippen LogP contribution in [0.25, 0.3) is 16.0 Å². The van der Waals surface area contributed by atoms with E-state index in [1.54, 1.807) is 0 Å². The van der Waals surface area contributed by atoms with E-state index in [4.69, 9.17) is 11.1 Å². The van der Waals surface area contributed by atoms with Crippen molar-refractivity contribution in [3.05, 3.63) is 87.8 Å². The zero-order valence-corrected chi connectivity index (χ0v) is 11.3. The van der Waals surface area contributed by atoms with Crippen LogP contribution in [-0.4, -0.2) is 0 Å². The lowest BCUT2D eigenvalue weighted by molar-refractivity contribution is 1.35. The summed E-state index contributed by atoms with van der Waals surface area (Å²) in [6.45, 7) is 0. The zero-order chi connectivity index (χ0) is 13.1. The molecule has 92 valence electrons. The molecular formula is C14H16N3P. The summed E-state index contributed by atoms with van der Waals surface area (Å²) in [5, 5.41) is 0. The first kappa shape index (κ1) is 14.2. The molecule has 2 aromatic rings. The SMILES string of the molecule is [N-]=[N+]=[N-].c1ccc(C[PH2+]Cc2ccccc2)cc1. The molecule has 2 rings (SSSR count). The van der Waals surface area contributed by atoms with Gasteiger partial charge in [-0.2, -0.15) is 0 Å². The summed E-state index contributed by atoms with van der Waals surface area (Å²) in [6.07, 6.45) is 2.52. The van der Waals surface area contributed by atoms with E-state index in [9.17, 15) is 0 Å². The van der Waals surface area contributed by atoms with Crippen molar-refractivity contribution in [3.63, 3.8) is 0 Å². The molecule has 3 nitrogen and oxygen atoms in total. The number of nitrogens with zero attached hydrogens (tertiary/aromatic N) is 3. The van der Waals surface area contributed by atoms with E-state index in [0.29, 0.717) is 8.58 Å². The van der Waals surface area contributed by atoms with Crippen molar-refractivity contribution in [2.75, 3.05) is 0 Å². The molecule has 0 unspecified atom stereocenters. The van der Waals surface area contributed by atoms with Crippen LogP contribution in [0.4, 0.5) is 0 Å². The third kappa shape index (κ3) is 6.05. The Morgan fingerprint density at radius 1 is 0.722 bits per heavy atom. The highest BCUT2D eigenvalue weighted by molar-refractivity contribution is 7.36. The van der Waals surface area contributed by atoms with Crippen molar-refractivity contribution in [1.29, 1.82) is 0 Å². The Labute approximate surface area is 109 Å². The van der Waals surface area contributed by atoms with E-state index < -0.39 is 0 Å². The molecule has 0 bridgehead atoms. The fraction of sp³-hybridized carbons (Fsp3) is 0.143. The molecular weight excluding hydrogens is 241 g/mol. The highest BCUT2D eigenvalue weighted by Crippen LogP contribution is 2.23. The molecule has 0 aromatic heterocycles. The van der Waals surface area contributed by atoms with Crippen LogP contribution in [0.5, 0.6) is 0 Å². The smallest absolute Gasteiger partial charge is 0.0800 e. The van der Waals surface area contributed by atoms with Gasteiger partial charge in [0.15, 0.2) is 0 Å². The van der Waals surface area contributed by atoms with Crippen molar-refractivity contribution in [1.82, 2.24) is 0 Å². The molecule has 4 heteroatoms. The highest BCUT2D eigenvalue weighted by atomic mass is 31.1. The third-order valence-corrected chi connectivity index (χ3v) is 3.97. The lowest BCUT2D eigenvalue weighted by Crippen LogP contribution is -1.80. The average Bonchev–Trinajstić information content (AvgIpc) is 2.42. The first-order valence-corrected chi connectivity index (χ1v) is 7.38. The Balaban J connectivity index is 0.000000492. The second kappa shape index (κ2) is 9.23. The summed E-state index contributed by atoms with van der Waals surface area (Å²) in [4.78, 5) is 1.50. The van der Waals surface area contributed by atoms with Crippen LogP contribution in [0.2, 0.25) is 0 Å². The van der Waals surface area contributed by atoms with E-state index >= 15 is 0 Å². The van der Waals surface area contributed by atoms with E-state index in [1.807, 2.05) is 0 Å². The van der Waals surface area contributed by atoms with E-state index in [0.717, 1.165) is 0 Å².